The van der Waals surface area contributed by atoms with E-state index in [9.17, 15) is 8.42 Å². The van der Waals surface area contributed by atoms with Crippen LogP contribution in [0.1, 0.15) is 5.56 Å². The van der Waals surface area contributed by atoms with Crippen LogP contribution in [-0.4, -0.2) is 8.42 Å². The molecule has 0 unspecified atom stereocenters. The Morgan fingerprint density at radius 2 is 1.95 bits per heavy atom. The van der Waals surface area contributed by atoms with Gasteiger partial charge in [0.15, 0.2) is 0 Å². The number of thiophene rings is 1. The minimum Gasteiger partial charge on any atom is -0.278 e. The molecule has 0 bridgehead atoms. The number of halogens is 3. The summed E-state index contributed by atoms with van der Waals surface area (Å²) < 4.78 is 28.7. The van der Waals surface area contributed by atoms with E-state index in [-0.39, 0.29) is 4.21 Å². The monoisotopic (exact) mass is 443 g/mol. The topological polar surface area (TPSA) is 46.2 Å². The highest BCUT2D eigenvalue weighted by atomic mass is 79.9. The quantitative estimate of drug-likeness (QED) is 0.720. The maximum atomic E-state index is 12.2. The van der Waals surface area contributed by atoms with Crippen molar-refractivity contribution in [1.82, 2.24) is 0 Å². The molecule has 1 aromatic carbocycles. The van der Waals surface area contributed by atoms with Crippen molar-refractivity contribution in [2.45, 2.75) is 11.1 Å². The fourth-order valence-corrected chi connectivity index (χ4v) is 5.28. The molecule has 3 nitrogen and oxygen atoms in total. The van der Waals surface area contributed by atoms with Gasteiger partial charge in [-0.3, -0.25) is 4.72 Å². The Kier molecular flexibility index (Phi) is 4.62. The van der Waals surface area contributed by atoms with Crippen LogP contribution in [0.25, 0.3) is 0 Å². The van der Waals surface area contributed by atoms with Gasteiger partial charge in [0.25, 0.3) is 10.0 Å². The van der Waals surface area contributed by atoms with E-state index < -0.39 is 10.0 Å². The van der Waals surface area contributed by atoms with Crippen molar-refractivity contribution in [3.05, 3.63) is 43.1 Å². The molecule has 0 atom stereocenters. The predicted octanol–water partition coefficient (Wildman–Crippen LogP) is 5.04. The first kappa shape index (κ1) is 15.3. The molecule has 1 N–H and O–H groups in total. The normalized spacial score (nSPS) is 11.6. The van der Waals surface area contributed by atoms with E-state index in [0.29, 0.717) is 15.2 Å². The Bertz CT molecular complexity index is 709. The molecule has 0 saturated heterocycles. The van der Waals surface area contributed by atoms with Crippen molar-refractivity contribution in [2.75, 3.05) is 4.72 Å². The third-order valence-electron chi connectivity index (χ3n) is 2.27. The molecule has 8 heteroatoms. The van der Waals surface area contributed by atoms with Gasteiger partial charge in [0.05, 0.1) is 9.47 Å². The Labute approximate surface area is 137 Å². The van der Waals surface area contributed by atoms with Gasteiger partial charge in [0.1, 0.15) is 4.21 Å². The molecule has 0 aliphatic carbocycles. The van der Waals surface area contributed by atoms with Gasteiger partial charge in [-0.2, -0.15) is 0 Å². The molecule has 0 amide bonds. The van der Waals surface area contributed by atoms with Crippen molar-refractivity contribution >= 4 is 70.5 Å². The molecule has 1 aromatic heterocycles. The third kappa shape index (κ3) is 3.52. The van der Waals surface area contributed by atoms with Crippen LogP contribution in [-0.2, 0) is 10.0 Å². The zero-order chi connectivity index (χ0) is 14.2. The zero-order valence-corrected chi connectivity index (χ0v) is 15.1. The minimum atomic E-state index is -3.60. The van der Waals surface area contributed by atoms with Crippen LogP contribution in [0.2, 0.25) is 5.02 Å². The van der Waals surface area contributed by atoms with Gasteiger partial charge in [-0.05, 0) is 68.6 Å². The summed E-state index contributed by atoms with van der Waals surface area (Å²) in [6.07, 6.45) is 0. The lowest BCUT2D eigenvalue weighted by Crippen LogP contribution is -2.11. The summed E-state index contributed by atoms with van der Waals surface area (Å²) in [5.41, 5.74) is 1.30. The Balaban J connectivity index is 2.39. The summed E-state index contributed by atoms with van der Waals surface area (Å²) in [6, 6.07) is 6.54. The highest BCUT2D eigenvalue weighted by Gasteiger charge is 2.19. The fourth-order valence-electron chi connectivity index (χ4n) is 1.33. The van der Waals surface area contributed by atoms with Crippen LogP contribution >= 0.6 is 54.8 Å². The average Bonchev–Trinajstić information content (AvgIpc) is 2.65. The Morgan fingerprint density at radius 1 is 1.26 bits per heavy atom. The molecule has 0 aliphatic rings. The Morgan fingerprint density at radius 3 is 2.53 bits per heavy atom. The average molecular weight is 446 g/mol. The second-order valence-electron chi connectivity index (χ2n) is 3.75. The molecular weight excluding hydrogens is 438 g/mol. The first-order valence-electron chi connectivity index (χ1n) is 5.03. The molecule has 0 radical (unpaired) electrons. The van der Waals surface area contributed by atoms with Crippen molar-refractivity contribution in [2.24, 2.45) is 0 Å². The maximum absolute atomic E-state index is 12.2. The van der Waals surface area contributed by atoms with Crippen LogP contribution in [0.3, 0.4) is 0 Å². The van der Waals surface area contributed by atoms with Gasteiger partial charge in [-0.15, -0.1) is 11.3 Å². The van der Waals surface area contributed by atoms with Gasteiger partial charge < -0.3 is 0 Å². The maximum Gasteiger partial charge on any atom is 0.271 e. The minimum absolute atomic E-state index is 0.253. The highest BCUT2D eigenvalue weighted by Crippen LogP contribution is 2.33. The van der Waals surface area contributed by atoms with E-state index in [1.54, 1.807) is 24.3 Å². The van der Waals surface area contributed by atoms with Gasteiger partial charge in [0, 0.05) is 9.50 Å². The first-order chi connectivity index (χ1) is 8.79. The largest absolute Gasteiger partial charge is 0.278 e. The number of nitrogens with one attached hydrogen (secondary N) is 1. The smallest absolute Gasteiger partial charge is 0.271 e. The molecule has 2 rings (SSSR count). The highest BCUT2D eigenvalue weighted by molar-refractivity contribution is 9.11. The molecular formula is C11H8Br2ClNO2S2. The zero-order valence-electron chi connectivity index (χ0n) is 9.58. The molecule has 1 heterocycles. The second kappa shape index (κ2) is 5.73. The molecule has 0 spiro atoms. The number of rotatable bonds is 3. The molecule has 102 valence electrons. The Hall–Kier alpha value is -0.0800. The molecule has 0 fully saturated rings. The van der Waals surface area contributed by atoms with E-state index in [1.165, 1.54) is 11.3 Å². The number of benzene rings is 1. The van der Waals surface area contributed by atoms with Crippen molar-refractivity contribution < 1.29 is 8.42 Å². The second-order valence-corrected chi connectivity index (χ2v) is 9.32. The van der Waals surface area contributed by atoms with Gasteiger partial charge in [-0.25, -0.2) is 8.42 Å². The molecule has 0 saturated carbocycles. The SMILES string of the molecule is Cc1cc(S(=O)(=O)Nc2cc(Cl)ccc2Br)sc1Br. The van der Waals surface area contributed by atoms with Crippen molar-refractivity contribution in [3.8, 4) is 0 Å². The van der Waals surface area contributed by atoms with Crippen LogP contribution < -0.4 is 4.72 Å². The van der Waals surface area contributed by atoms with Crippen LogP contribution in [0, 0.1) is 6.92 Å². The first-order valence-corrected chi connectivity index (χ1v) is 9.30. The summed E-state index contributed by atoms with van der Waals surface area (Å²) in [6.45, 7) is 1.84. The van der Waals surface area contributed by atoms with Gasteiger partial charge in [0.2, 0.25) is 0 Å². The van der Waals surface area contributed by atoms with E-state index in [4.69, 9.17) is 11.6 Å². The van der Waals surface area contributed by atoms with E-state index >= 15 is 0 Å². The number of aryl methyl sites for hydroxylation is 1. The van der Waals surface area contributed by atoms with Crippen LogP contribution in [0.4, 0.5) is 5.69 Å². The van der Waals surface area contributed by atoms with Crippen LogP contribution in [0.5, 0.6) is 0 Å². The van der Waals surface area contributed by atoms with E-state index in [0.717, 1.165) is 9.35 Å². The number of hydrogen-bond donors (Lipinski definition) is 1. The molecule has 2 aromatic rings. The fraction of sp³-hybridized carbons (Fsp3) is 0.0909. The third-order valence-corrected chi connectivity index (χ3v) is 7.17. The summed E-state index contributed by atoms with van der Waals surface area (Å²) in [5.74, 6) is 0. The number of sulfonamides is 1. The number of anilines is 1. The summed E-state index contributed by atoms with van der Waals surface area (Å²) >= 11 is 13.6. The lowest BCUT2D eigenvalue weighted by Gasteiger charge is -2.08. The lowest BCUT2D eigenvalue weighted by molar-refractivity contribution is 0.603. The molecule has 19 heavy (non-hydrogen) atoms. The predicted molar refractivity (Wildman–Crippen MR) is 86.7 cm³/mol. The van der Waals surface area contributed by atoms with Crippen LogP contribution in [0.15, 0.2) is 36.7 Å². The van der Waals surface area contributed by atoms with E-state index in [2.05, 4.69) is 36.6 Å². The standard InChI is InChI=1S/C11H8Br2ClNO2S2/c1-6-4-10(18-11(6)13)19(16,17)15-9-5-7(14)2-3-8(9)12/h2-5,15H,1H3. The van der Waals surface area contributed by atoms with E-state index in [1.807, 2.05) is 6.92 Å². The summed E-state index contributed by atoms with van der Waals surface area (Å²) in [7, 11) is -3.60. The summed E-state index contributed by atoms with van der Waals surface area (Å²) in [4.78, 5) is 0. The lowest BCUT2D eigenvalue weighted by atomic mass is 10.3. The number of hydrogen-bond acceptors (Lipinski definition) is 3. The van der Waals surface area contributed by atoms with Crippen molar-refractivity contribution in [3.63, 3.8) is 0 Å². The summed E-state index contributed by atoms with van der Waals surface area (Å²) in [5, 5.41) is 0.462. The van der Waals surface area contributed by atoms with Crippen molar-refractivity contribution in [1.29, 1.82) is 0 Å². The van der Waals surface area contributed by atoms with Gasteiger partial charge >= 0.3 is 0 Å². The molecule has 0 aliphatic heterocycles. The van der Waals surface area contributed by atoms with Gasteiger partial charge in [-0.1, -0.05) is 11.6 Å².